The van der Waals surface area contributed by atoms with Crippen LogP contribution in [0.2, 0.25) is 0 Å². The highest BCUT2D eigenvalue weighted by Gasteiger charge is 2.21. The van der Waals surface area contributed by atoms with E-state index in [2.05, 4.69) is 63.9 Å². The predicted octanol–water partition coefficient (Wildman–Crippen LogP) is 5.57. The maximum Gasteiger partial charge on any atom is 0.141 e. The number of halogens is 2. The van der Waals surface area contributed by atoms with Gasteiger partial charge >= 0.3 is 0 Å². The molecule has 4 heteroatoms. The van der Waals surface area contributed by atoms with Crippen molar-refractivity contribution in [3.63, 3.8) is 0 Å². The van der Waals surface area contributed by atoms with Gasteiger partial charge in [0.05, 0.1) is 19.0 Å². The molecule has 0 aliphatic carbocycles. The summed E-state index contributed by atoms with van der Waals surface area (Å²) in [5.74, 6) is 1.55. The number of methoxy groups -OCH3 is 2. The van der Waals surface area contributed by atoms with Gasteiger partial charge in [-0.25, -0.2) is 0 Å². The first-order valence-corrected chi connectivity index (χ1v) is 8.32. The minimum atomic E-state index is 0.0651. The van der Waals surface area contributed by atoms with E-state index in [1.807, 2.05) is 12.1 Å². The Labute approximate surface area is 142 Å². The van der Waals surface area contributed by atoms with Crippen molar-refractivity contribution < 1.29 is 9.47 Å². The molecule has 21 heavy (non-hydrogen) atoms. The molecule has 0 aromatic heterocycles. The molecule has 2 aromatic carbocycles. The fraction of sp³-hybridized carbons (Fsp3) is 0.294. The molecule has 1 unspecified atom stereocenters. The van der Waals surface area contributed by atoms with Gasteiger partial charge in [0.1, 0.15) is 16.0 Å². The van der Waals surface area contributed by atoms with Crippen LogP contribution in [0.3, 0.4) is 0 Å². The summed E-state index contributed by atoms with van der Waals surface area (Å²) in [7, 11) is 3.32. The highest BCUT2D eigenvalue weighted by Crippen LogP contribution is 2.44. The molecule has 0 bridgehead atoms. The van der Waals surface area contributed by atoms with Gasteiger partial charge in [-0.1, -0.05) is 45.8 Å². The van der Waals surface area contributed by atoms with E-state index in [0.717, 1.165) is 21.5 Å². The molecular formula is C17H18Br2O2. The van der Waals surface area contributed by atoms with Gasteiger partial charge in [-0.15, -0.1) is 0 Å². The fourth-order valence-electron chi connectivity index (χ4n) is 2.40. The van der Waals surface area contributed by atoms with E-state index in [1.54, 1.807) is 14.2 Å². The molecule has 2 nitrogen and oxygen atoms in total. The highest BCUT2D eigenvalue weighted by atomic mass is 79.9. The molecule has 0 spiro atoms. The third kappa shape index (κ3) is 3.27. The Balaban J connectivity index is 2.52. The van der Waals surface area contributed by atoms with Gasteiger partial charge in [0.25, 0.3) is 0 Å². The number of rotatable bonds is 4. The molecule has 2 aromatic rings. The molecule has 112 valence electrons. The monoisotopic (exact) mass is 412 g/mol. The van der Waals surface area contributed by atoms with Crippen LogP contribution in [0, 0.1) is 13.8 Å². The van der Waals surface area contributed by atoms with E-state index in [-0.39, 0.29) is 4.83 Å². The van der Waals surface area contributed by atoms with Crippen LogP contribution in [-0.2, 0) is 0 Å². The third-order valence-corrected chi connectivity index (χ3v) is 5.22. The summed E-state index contributed by atoms with van der Waals surface area (Å²) in [6, 6.07) is 10.4. The highest BCUT2D eigenvalue weighted by molar-refractivity contribution is 9.10. The van der Waals surface area contributed by atoms with Gasteiger partial charge in [-0.2, -0.15) is 0 Å². The van der Waals surface area contributed by atoms with Gasteiger partial charge < -0.3 is 9.47 Å². The Bertz CT molecular complexity index is 653. The van der Waals surface area contributed by atoms with Crippen LogP contribution in [0.25, 0.3) is 0 Å². The van der Waals surface area contributed by atoms with Crippen molar-refractivity contribution in [1.29, 1.82) is 0 Å². The number of hydrogen-bond donors (Lipinski definition) is 0. The second-order valence-electron chi connectivity index (χ2n) is 4.93. The van der Waals surface area contributed by atoms with Crippen LogP contribution in [0.4, 0.5) is 0 Å². The minimum absolute atomic E-state index is 0.0651. The van der Waals surface area contributed by atoms with Crippen molar-refractivity contribution in [3.05, 3.63) is 57.1 Å². The molecule has 0 heterocycles. The zero-order chi connectivity index (χ0) is 15.6. The van der Waals surface area contributed by atoms with Crippen molar-refractivity contribution in [2.75, 3.05) is 14.2 Å². The molecule has 2 rings (SSSR count). The SMILES string of the molecule is COc1ccc(C(Br)c2ccc(C)cc2C)c(OC)c1Br. The predicted molar refractivity (Wildman–Crippen MR) is 93.9 cm³/mol. The maximum absolute atomic E-state index is 5.57. The van der Waals surface area contributed by atoms with Crippen LogP contribution in [-0.4, -0.2) is 14.2 Å². The normalized spacial score (nSPS) is 12.1. The maximum atomic E-state index is 5.57. The van der Waals surface area contributed by atoms with Crippen LogP contribution < -0.4 is 9.47 Å². The average molecular weight is 414 g/mol. The van der Waals surface area contributed by atoms with Crippen molar-refractivity contribution >= 4 is 31.9 Å². The van der Waals surface area contributed by atoms with Crippen molar-refractivity contribution in [1.82, 2.24) is 0 Å². The summed E-state index contributed by atoms with van der Waals surface area (Å²) < 4.78 is 11.7. The summed E-state index contributed by atoms with van der Waals surface area (Å²) in [6.45, 7) is 4.23. The second kappa shape index (κ2) is 6.84. The van der Waals surface area contributed by atoms with Crippen molar-refractivity contribution in [2.24, 2.45) is 0 Å². The number of hydrogen-bond acceptors (Lipinski definition) is 2. The second-order valence-corrected chi connectivity index (χ2v) is 6.64. The summed E-state index contributed by atoms with van der Waals surface area (Å²) in [4.78, 5) is 0.0651. The minimum Gasteiger partial charge on any atom is -0.495 e. The molecule has 0 radical (unpaired) electrons. The Morgan fingerprint density at radius 2 is 1.62 bits per heavy atom. The summed E-state index contributed by atoms with van der Waals surface area (Å²) in [6.07, 6.45) is 0. The number of benzene rings is 2. The quantitative estimate of drug-likeness (QED) is 0.610. The van der Waals surface area contributed by atoms with Crippen molar-refractivity contribution in [3.8, 4) is 11.5 Å². The lowest BCUT2D eigenvalue weighted by atomic mass is 9.98. The molecule has 0 amide bonds. The molecular weight excluding hydrogens is 396 g/mol. The lowest BCUT2D eigenvalue weighted by molar-refractivity contribution is 0.386. The number of ether oxygens (including phenoxy) is 2. The van der Waals surface area contributed by atoms with E-state index < -0.39 is 0 Å². The van der Waals surface area contributed by atoms with Crippen LogP contribution in [0.15, 0.2) is 34.8 Å². The summed E-state index contributed by atoms with van der Waals surface area (Å²) in [5.41, 5.74) is 4.82. The van der Waals surface area contributed by atoms with Crippen LogP contribution >= 0.6 is 31.9 Å². The smallest absolute Gasteiger partial charge is 0.141 e. The molecule has 0 fully saturated rings. The first kappa shape index (κ1) is 16.4. The van der Waals surface area contributed by atoms with Gasteiger partial charge in [0.15, 0.2) is 0 Å². The first-order valence-electron chi connectivity index (χ1n) is 6.61. The number of aryl methyl sites for hydroxylation is 2. The van der Waals surface area contributed by atoms with E-state index in [0.29, 0.717) is 0 Å². The first-order chi connectivity index (χ1) is 9.99. The van der Waals surface area contributed by atoms with Gasteiger partial charge in [0.2, 0.25) is 0 Å². The fourth-order valence-corrected chi connectivity index (χ4v) is 3.95. The lowest BCUT2D eigenvalue weighted by Gasteiger charge is -2.19. The topological polar surface area (TPSA) is 18.5 Å². The van der Waals surface area contributed by atoms with Crippen molar-refractivity contribution in [2.45, 2.75) is 18.7 Å². The number of alkyl halides is 1. The Hall–Kier alpha value is -1.00. The van der Waals surface area contributed by atoms with Crippen LogP contribution in [0.1, 0.15) is 27.1 Å². The van der Waals surface area contributed by atoms with E-state index in [9.17, 15) is 0 Å². The summed E-state index contributed by atoms with van der Waals surface area (Å²) in [5, 5.41) is 0. The molecule has 0 N–H and O–H groups in total. The van der Waals surface area contributed by atoms with Gasteiger partial charge in [-0.05, 0) is 47.0 Å². The zero-order valence-electron chi connectivity index (χ0n) is 12.5. The zero-order valence-corrected chi connectivity index (χ0v) is 15.7. The van der Waals surface area contributed by atoms with E-state index >= 15 is 0 Å². The average Bonchev–Trinajstić information content (AvgIpc) is 2.46. The van der Waals surface area contributed by atoms with Gasteiger partial charge in [-0.3, -0.25) is 0 Å². The van der Waals surface area contributed by atoms with Crippen LogP contribution in [0.5, 0.6) is 11.5 Å². The van der Waals surface area contributed by atoms with E-state index in [1.165, 1.54) is 16.7 Å². The Morgan fingerprint density at radius 1 is 0.952 bits per heavy atom. The van der Waals surface area contributed by atoms with E-state index in [4.69, 9.17) is 9.47 Å². The lowest BCUT2D eigenvalue weighted by Crippen LogP contribution is -2.01. The molecule has 0 aliphatic rings. The summed E-state index contributed by atoms with van der Waals surface area (Å²) >= 11 is 7.35. The third-order valence-electron chi connectivity index (χ3n) is 3.49. The largest absolute Gasteiger partial charge is 0.495 e. The molecule has 0 saturated carbocycles. The Morgan fingerprint density at radius 3 is 2.19 bits per heavy atom. The molecule has 0 aliphatic heterocycles. The molecule has 0 saturated heterocycles. The standard InChI is InChI=1S/C17H18Br2O2/c1-10-5-6-12(11(2)9-10)15(18)13-7-8-14(20-3)16(19)17(13)21-4/h5-9,15H,1-4H3. The molecule has 1 atom stereocenters. The van der Waals surface area contributed by atoms with Gasteiger partial charge in [0, 0.05) is 5.56 Å². The Kier molecular flexibility index (Phi) is 5.33.